The van der Waals surface area contributed by atoms with Crippen molar-refractivity contribution in [3.63, 3.8) is 0 Å². The summed E-state index contributed by atoms with van der Waals surface area (Å²) >= 11 is 0. The number of ether oxygens (including phenoxy) is 1. The number of aromatic nitrogens is 3. The number of methoxy groups -OCH3 is 1. The molecule has 1 aliphatic heterocycles. The average molecular weight is 267 g/mol. The van der Waals surface area contributed by atoms with E-state index in [1.165, 1.54) is 24.5 Å². The molecule has 0 radical (unpaired) electrons. The Morgan fingerprint density at radius 2 is 2.11 bits per heavy atom. The van der Waals surface area contributed by atoms with Gasteiger partial charge in [0.15, 0.2) is 5.82 Å². The van der Waals surface area contributed by atoms with Crippen LogP contribution in [0, 0.1) is 0 Å². The van der Waals surface area contributed by atoms with Crippen molar-refractivity contribution in [1.29, 1.82) is 0 Å². The minimum absolute atomic E-state index is 0.0000759. The lowest BCUT2D eigenvalue weighted by Gasteiger charge is -2.26. The Balaban J connectivity index is 1.88. The fourth-order valence-electron chi connectivity index (χ4n) is 1.95. The first kappa shape index (κ1) is 13.3. The molecular weight excluding hydrogens is 250 g/mol. The number of nitrogens with zero attached hydrogens (tertiary/aromatic N) is 4. The maximum atomic E-state index is 12.0. The Hall–Kier alpha value is -2.12. The van der Waals surface area contributed by atoms with E-state index in [1.54, 1.807) is 0 Å². The predicted molar refractivity (Wildman–Crippen MR) is 66.5 cm³/mol. The maximum Gasteiger partial charge on any atom is 0.412 e. The van der Waals surface area contributed by atoms with E-state index in [4.69, 9.17) is 0 Å². The first-order valence-electron chi connectivity index (χ1n) is 6.22. The van der Waals surface area contributed by atoms with Crippen LogP contribution < -0.4 is 5.32 Å². The second-order valence-corrected chi connectivity index (χ2v) is 4.32. The van der Waals surface area contributed by atoms with E-state index in [-0.39, 0.29) is 18.3 Å². The molecule has 0 aliphatic carbocycles. The van der Waals surface area contributed by atoms with Crippen molar-refractivity contribution in [3.05, 3.63) is 6.20 Å². The quantitative estimate of drug-likeness (QED) is 0.859. The topological polar surface area (TPSA) is 89.3 Å². The van der Waals surface area contributed by atoms with Gasteiger partial charge in [0.25, 0.3) is 0 Å². The third-order valence-electron chi connectivity index (χ3n) is 2.94. The summed E-state index contributed by atoms with van der Waals surface area (Å²) in [7, 11) is 1.26. The number of hydrogen-bond acceptors (Lipinski definition) is 5. The average Bonchev–Trinajstić information content (AvgIpc) is 2.86. The lowest BCUT2D eigenvalue weighted by atomic mass is 10.1. The van der Waals surface area contributed by atoms with Crippen molar-refractivity contribution in [2.45, 2.75) is 25.8 Å². The van der Waals surface area contributed by atoms with Gasteiger partial charge in [-0.2, -0.15) is 9.90 Å². The van der Waals surface area contributed by atoms with Crippen LogP contribution in [-0.4, -0.2) is 52.1 Å². The van der Waals surface area contributed by atoms with E-state index in [0.717, 1.165) is 25.9 Å². The van der Waals surface area contributed by atoms with Gasteiger partial charge in [-0.05, 0) is 19.3 Å². The third kappa shape index (κ3) is 3.67. The Labute approximate surface area is 110 Å². The van der Waals surface area contributed by atoms with Crippen molar-refractivity contribution < 1.29 is 14.3 Å². The number of hydrogen-bond donors (Lipinski definition) is 1. The molecule has 2 rings (SSSR count). The summed E-state index contributed by atoms with van der Waals surface area (Å²) in [6.45, 7) is 1.68. The highest BCUT2D eigenvalue weighted by Crippen LogP contribution is 2.09. The number of rotatable bonds is 3. The lowest BCUT2D eigenvalue weighted by molar-refractivity contribution is -0.133. The van der Waals surface area contributed by atoms with Gasteiger partial charge in [-0.1, -0.05) is 0 Å². The molecule has 8 nitrogen and oxygen atoms in total. The first-order chi connectivity index (χ1) is 9.19. The summed E-state index contributed by atoms with van der Waals surface area (Å²) < 4.78 is 4.44. The normalized spacial score (nSPS) is 15.1. The highest BCUT2D eigenvalue weighted by Gasteiger charge is 2.17. The Morgan fingerprint density at radius 1 is 1.37 bits per heavy atom. The number of piperidine rings is 1. The summed E-state index contributed by atoms with van der Waals surface area (Å²) in [5.41, 5.74) is 0. The number of amides is 2. The summed E-state index contributed by atoms with van der Waals surface area (Å²) in [5, 5.41) is 10.3. The molecule has 0 atom stereocenters. The smallest absolute Gasteiger partial charge is 0.412 e. The molecular formula is C11H17N5O3. The van der Waals surface area contributed by atoms with E-state index in [0.29, 0.717) is 0 Å². The first-order valence-corrected chi connectivity index (χ1v) is 6.22. The van der Waals surface area contributed by atoms with Crippen LogP contribution in [0.1, 0.15) is 19.3 Å². The zero-order chi connectivity index (χ0) is 13.7. The van der Waals surface area contributed by atoms with Gasteiger partial charge in [0.2, 0.25) is 5.91 Å². The van der Waals surface area contributed by atoms with Crippen LogP contribution in [0.25, 0.3) is 0 Å². The van der Waals surface area contributed by atoms with E-state index in [2.05, 4.69) is 20.3 Å². The molecule has 19 heavy (non-hydrogen) atoms. The van der Waals surface area contributed by atoms with Crippen molar-refractivity contribution in [1.82, 2.24) is 19.9 Å². The molecule has 1 N–H and O–H groups in total. The zero-order valence-corrected chi connectivity index (χ0v) is 10.8. The molecule has 0 spiro atoms. The highest BCUT2D eigenvalue weighted by atomic mass is 16.5. The summed E-state index contributed by atoms with van der Waals surface area (Å²) in [6.07, 6.45) is 4.03. The minimum atomic E-state index is -0.616. The van der Waals surface area contributed by atoms with Crippen LogP contribution in [0.15, 0.2) is 6.20 Å². The summed E-state index contributed by atoms with van der Waals surface area (Å²) in [6, 6.07) is 0. The van der Waals surface area contributed by atoms with Crippen LogP contribution in [0.5, 0.6) is 0 Å². The number of nitrogens with one attached hydrogen (secondary N) is 1. The van der Waals surface area contributed by atoms with Gasteiger partial charge >= 0.3 is 6.09 Å². The summed E-state index contributed by atoms with van der Waals surface area (Å²) in [4.78, 5) is 26.0. The molecule has 0 aromatic carbocycles. The van der Waals surface area contributed by atoms with Crippen LogP contribution in [-0.2, 0) is 16.1 Å². The number of anilines is 1. The second kappa shape index (κ2) is 6.17. The Kier molecular flexibility index (Phi) is 4.32. The molecule has 2 amide bonds. The second-order valence-electron chi connectivity index (χ2n) is 4.32. The molecule has 0 unspecified atom stereocenters. The van der Waals surface area contributed by atoms with Crippen molar-refractivity contribution in [3.8, 4) is 0 Å². The number of carbonyl (C=O) groups excluding carboxylic acids is 2. The van der Waals surface area contributed by atoms with Gasteiger partial charge in [-0.25, -0.2) is 4.79 Å². The largest absolute Gasteiger partial charge is 0.453 e. The van der Waals surface area contributed by atoms with E-state index >= 15 is 0 Å². The van der Waals surface area contributed by atoms with Crippen LogP contribution in [0.2, 0.25) is 0 Å². The van der Waals surface area contributed by atoms with Crippen LogP contribution >= 0.6 is 0 Å². The van der Waals surface area contributed by atoms with Crippen LogP contribution in [0.4, 0.5) is 10.6 Å². The van der Waals surface area contributed by atoms with Gasteiger partial charge in [-0.3, -0.25) is 10.1 Å². The van der Waals surface area contributed by atoms with Gasteiger partial charge < -0.3 is 9.64 Å². The van der Waals surface area contributed by atoms with Crippen molar-refractivity contribution in [2.24, 2.45) is 0 Å². The predicted octanol–water partition coefficient (Wildman–Crippen LogP) is 0.469. The highest BCUT2D eigenvalue weighted by molar-refractivity contribution is 5.82. The summed E-state index contributed by atoms with van der Waals surface area (Å²) in [5.74, 6) is 0.262. The van der Waals surface area contributed by atoms with E-state index < -0.39 is 6.09 Å². The fourth-order valence-corrected chi connectivity index (χ4v) is 1.95. The molecule has 1 fully saturated rings. The fraction of sp³-hybridized carbons (Fsp3) is 0.636. The number of carbonyl (C=O) groups is 2. The van der Waals surface area contributed by atoms with Crippen molar-refractivity contribution >= 4 is 17.8 Å². The maximum absolute atomic E-state index is 12.0. The standard InChI is InChI=1S/C11H17N5O3/c1-19-11(18)13-9-7-12-16(14-9)8-10(17)15-5-3-2-4-6-15/h7H,2-6,8H2,1H3,(H,13,14,18). The number of likely N-dealkylation sites (tertiary alicyclic amines) is 1. The van der Waals surface area contributed by atoms with Gasteiger partial charge in [0.1, 0.15) is 6.54 Å². The SMILES string of the molecule is COC(=O)Nc1cnn(CC(=O)N2CCCCC2)n1. The Bertz CT molecular complexity index is 453. The molecule has 8 heteroatoms. The Morgan fingerprint density at radius 3 is 2.79 bits per heavy atom. The van der Waals surface area contributed by atoms with Crippen LogP contribution in [0.3, 0.4) is 0 Å². The lowest BCUT2D eigenvalue weighted by Crippen LogP contribution is -2.38. The molecule has 1 aromatic rings. The molecule has 1 aliphatic rings. The van der Waals surface area contributed by atoms with E-state index in [9.17, 15) is 9.59 Å². The van der Waals surface area contributed by atoms with Crippen molar-refractivity contribution in [2.75, 3.05) is 25.5 Å². The molecule has 1 aromatic heterocycles. The monoisotopic (exact) mass is 267 g/mol. The van der Waals surface area contributed by atoms with Gasteiger partial charge in [-0.15, -0.1) is 5.10 Å². The van der Waals surface area contributed by atoms with E-state index in [1.807, 2.05) is 4.90 Å². The molecule has 0 saturated carbocycles. The third-order valence-corrected chi connectivity index (χ3v) is 2.94. The molecule has 0 bridgehead atoms. The van der Waals surface area contributed by atoms with Gasteiger partial charge in [0, 0.05) is 13.1 Å². The molecule has 104 valence electrons. The molecule has 2 heterocycles. The van der Waals surface area contributed by atoms with Gasteiger partial charge in [0.05, 0.1) is 13.3 Å². The minimum Gasteiger partial charge on any atom is -0.453 e. The zero-order valence-electron chi connectivity index (χ0n) is 10.8. The molecule has 1 saturated heterocycles.